The van der Waals surface area contributed by atoms with Gasteiger partial charge in [-0.2, -0.15) is 4.98 Å². The summed E-state index contributed by atoms with van der Waals surface area (Å²) in [7, 11) is 3.83. The summed E-state index contributed by atoms with van der Waals surface area (Å²) in [5.74, 6) is 1.46. The highest BCUT2D eigenvalue weighted by Crippen LogP contribution is 2.19. The largest absolute Gasteiger partial charge is 0.363 e. The Bertz CT molecular complexity index is 322. The van der Waals surface area contributed by atoms with E-state index in [0.717, 1.165) is 5.82 Å². The minimum absolute atomic E-state index is 0.414. The van der Waals surface area contributed by atoms with Crippen LogP contribution in [0.25, 0.3) is 0 Å². The van der Waals surface area contributed by atoms with Gasteiger partial charge in [-0.3, -0.25) is 0 Å². The number of nitrogens with zero attached hydrogens (tertiary/aromatic N) is 4. The lowest BCUT2D eigenvalue weighted by atomic mass is 10.2. The van der Waals surface area contributed by atoms with E-state index >= 15 is 0 Å². The number of anilines is 2. The summed E-state index contributed by atoms with van der Waals surface area (Å²) in [6, 6.07) is 1.83. The molecule has 0 amide bonds. The zero-order valence-corrected chi connectivity index (χ0v) is 8.31. The summed E-state index contributed by atoms with van der Waals surface area (Å²) >= 11 is 0. The molecule has 0 unspecified atom stereocenters. The van der Waals surface area contributed by atoms with E-state index in [4.69, 9.17) is 0 Å². The average Bonchev–Trinajstić information content (AvgIpc) is 2.13. The first-order chi connectivity index (χ1) is 6.66. The number of alkyl halides is 1. The van der Waals surface area contributed by atoms with Crippen molar-refractivity contribution in [3.05, 3.63) is 12.3 Å². The Morgan fingerprint density at radius 2 is 2.21 bits per heavy atom. The molecule has 2 rings (SSSR count). The molecule has 0 atom stereocenters. The summed E-state index contributed by atoms with van der Waals surface area (Å²) < 4.78 is 12.6. The number of halogens is 1. The zero-order chi connectivity index (χ0) is 10.1. The first kappa shape index (κ1) is 9.18. The number of hydrogen-bond donors (Lipinski definition) is 0. The summed E-state index contributed by atoms with van der Waals surface area (Å²) in [5, 5.41) is 0. The van der Waals surface area contributed by atoms with Crippen molar-refractivity contribution in [1.82, 2.24) is 9.97 Å². The van der Waals surface area contributed by atoms with Gasteiger partial charge in [-0.1, -0.05) is 0 Å². The Morgan fingerprint density at radius 1 is 1.50 bits per heavy atom. The van der Waals surface area contributed by atoms with Gasteiger partial charge in [0, 0.05) is 20.3 Å². The predicted octanol–water partition coefficient (Wildman–Crippen LogP) is 0.701. The molecule has 4 nitrogen and oxygen atoms in total. The van der Waals surface area contributed by atoms with Crippen LogP contribution < -0.4 is 9.80 Å². The minimum Gasteiger partial charge on any atom is -0.363 e. The molecule has 76 valence electrons. The second kappa shape index (κ2) is 3.40. The van der Waals surface area contributed by atoms with Crippen LogP contribution in [-0.2, 0) is 0 Å². The summed E-state index contributed by atoms with van der Waals surface area (Å²) in [6.45, 7) is 0.827. The van der Waals surface area contributed by atoms with Crippen molar-refractivity contribution >= 4 is 11.8 Å². The van der Waals surface area contributed by atoms with E-state index in [1.807, 2.05) is 30.0 Å². The van der Waals surface area contributed by atoms with Gasteiger partial charge < -0.3 is 9.80 Å². The van der Waals surface area contributed by atoms with Crippen molar-refractivity contribution in [2.45, 2.75) is 6.17 Å². The molecule has 0 aromatic carbocycles. The highest BCUT2D eigenvalue weighted by atomic mass is 19.1. The molecule has 0 N–H and O–H groups in total. The Kier molecular flexibility index (Phi) is 2.23. The van der Waals surface area contributed by atoms with Gasteiger partial charge in [0.05, 0.1) is 13.1 Å². The summed E-state index contributed by atoms with van der Waals surface area (Å²) in [5.41, 5.74) is 0. The highest BCUT2D eigenvalue weighted by Gasteiger charge is 2.28. The molecular formula is C9H13FN4. The average molecular weight is 196 g/mol. The van der Waals surface area contributed by atoms with Crippen molar-refractivity contribution in [3.63, 3.8) is 0 Å². The number of hydrogen-bond acceptors (Lipinski definition) is 4. The molecule has 14 heavy (non-hydrogen) atoms. The lowest BCUT2D eigenvalue weighted by molar-refractivity contribution is 0.272. The molecule has 0 radical (unpaired) electrons. The molecule has 1 saturated heterocycles. The SMILES string of the molecule is CN(C)c1ccnc(N2CC(F)C2)n1. The minimum atomic E-state index is -0.721. The topological polar surface area (TPSA) is 32.3 Å². The second-order valence-electron chi connectivity index (χ2n) is 3.61. The monoisotopic (exact) mass is 196 g/mol. The van der Waals surface area contributed by atoms with E-state index in [2.05, 4.69) is 9.97 Å². The third kappa shape index (κ3) is 1.62. The zero-order valence-electron chi connectivity index (χ0n) is 8.31. The van der Waals surface area contributed by atoms with Crippen LogP contribution in [0.5, 0.6) is 0 Å². The number of aromatic nitrogens is 2. The van der Waals surface area contributed by atoms with Crippen LogP contribution in [0.3, 0.4) is 0 Å². The van der Waals surface area contributed by atoms with Crippen LogP contribution in [0, 0.1) is 0 Å². The fourth-order valence-electron chi connectivity index (χ4n) is 1.33. The Hall–Kier alpha value is -1.39. The van der Waals surface area contributed by atoms with Crippen LogP contribution in [0.2, 0.25) is 0 Å². The van der Waals surface area contributed by atoms with Gasteiger partial charge in [-0.15, -0.1) is 0 Å². The Balaban J connectivity index is 2.14. The lowest BCUT2D eigenvalue weighted by Gasteiger charge is -2.34. The Labute approximate surface area is 82.4 Å². The molecule has 1 fully saturated rings. The fourth-order valence-corrected chi connectivity index (χ4v) is 1.33. The molecule has 1 aromatic rings. The van der Waals surface area contributed by atoms with E-state index in [9.17, 15) is 4.39 Å². The van der Waals surface area contributed by atoms with Crippen LogP contribution in [0.15, 0.2) is 12.3 Å². The smallest absolute Gasteiger partial charge is 0.227 e. The highest BCUT2D eigenvalue weighted by molar-refractivity contribution is 5.44. The molecular weight excluding hydrogens is 183 g/mol. The van der Waals surface area contributed by atoms with Gasteiger partial charge in [0.25, 0.3) is 0 Å². The van der Waals surface area contributed by atoms with Crippen molar-refractivity contribution < 1.29 is 4.39 Å². The normalized spacial score (nSPS) is 16.6. The van der Waals surface area contributed by atoms with E-state index in [1.54, 1.807) is 6.20 Å². The van der Waals surface area contributed by atoms with Crippen LogP contribution in [0.4, 0.5) is 16.2 Å². The van der Waals surface area contributed by atoms with Crippen LogP contribution in [0.1, 0.15) is 0 Å². The quantitative estimate of drug-likeness (QED) is 0.697. The molecule has 0 spiro atoms. The third-order valence-electron chi connectivity index (χ3n) is 2.21. The van der Waals surface area contributed by atoms with E-state index in [0.29, 0.717) is 19.0 Å². The van der Waals surface area contributed by atoms with Gasteiger partial charge in [0.2, 0.25) is 5.95 Å². The van der Waals surface area contributed by atoms with E-state index in [1.165, 1.54) is 0 Å². The van der Waals surface area contributed by atoms with Gasteiger partial charge >= 0.3 is 0 Å². The first-order valence-electron chi connectivity index (χ1n) is 4.56. The summed E-state index contributed by atoms with van der Waals surface area (Å²) in [6.07, 6.45) is 0.977. The summed E-state index contributed by atoms with van der Waals surface area (Å²) in [4.78, 5) is 12.1. The van der Waals surface area contributed by atoms with Crippen LogP contribution >= 0.6 is 0 Å². The second-order valence-corrected chi connectivity index (χ2v) is 3.61. The molecule has 2 heterocycles. The standard InChI is InChI=1S/C9H13FN4/c1-13(2)8-3-4-11-9(12-8)14-5-7(10)6-14/h3-4,7H,5-6H2,1-2H3. The molecule has 1 aliphatic rings. The van der Waals surface area contributed by atoms with Gasteiger partial charge in [-0.05, 0) is 6.07 Å². The van der Waals surface area contributed by atoms with Gasteiger partial charge in [0.15, 0.2) is 0 Å². The van der Waals surface area contributed by atoms with Gasteiger partial charge in [-0.25, -0.2) is 9.37 Å². The predicted molar refractivity (Wildman–Crippen MR) is 53.5 cm³/mol. The molecule has 1 aromatic heterocycles. The first-order valence-corrected chi connectivity index (χ1v) is 4.56. The number of rotatable bonds is 2. The molecule has 1 aliphatic heterocycles. The van der Waals surface area contributed by atoms with Gasteiger partial charge in [0.1, 0.15) is 12.0 Å². The van der Waals surface area contributed by atoms with Crippen molar-refractivity contribution in [3.8, 4) is 0 Å². The van der Waals surface area contributed by atoms with Crippen LogP contribution in [-0.4, -0.2) is 43.3 Å². The fraction of sp³-hybridized carbons (Fsp3) is 0.556. The Morgan fingerprint density at radius 3 is 2.79 bits per heavy atom. The molecule has 0 saturated carbocycles. The van der Waals surface area contributed by atoms with E-state index in [-0.39, 0.29) is 0 Å². The lowest BCUT2D eigenvalue weighted by Crippen LogP contribution is -2.49. The maximum atomic E-state index is 12.6. The van der Waals surface area contributed by atoms with Crippen molar-refractivity contribution in [1.29, 1.82) is 0 Å². The maximum absolute atomic E-state index is 12.6. The third-order valence-corrected chi connectivity index (χ3v) is 2.21. The molecule has 0 bridgehead atoms. The molecule has 5 heteroatoms. The molecule has 0 aliphatic carbocycles. The van der Waals surface area contributed by atoms with Crippen molar-refractivity contribution in [2.75, 3.05) is 37.0 Å². The maximum Gasteiger partial charge on any atom is 0.227 e. The van der Waals surface area contributed by atoms with Crippen molar-refractivity contribution in [2.24, 2.45) is 0 Å². The van der Waals surface area contributed by atoms with E-state index < -0.39 is 6.17 Å².